The summed E-state index contributed by atoms with van der Waals surface area (Å²) in [7, 11) is 1.33. The van der Waals surface area contributed by atoms with E-state index in [1.165, 1.54) is 12.7 Å². The lowest BCUT2D eigenvalue weighted by Crippen LogP contribution is -2.27. The van der Waals surface area contributed by atoms with Crippen molar-refractivity contribution in [3.8, 4) is 0 Å². The first-order valence-electron chi connectivity index (χ1n) is 7.17. The molecular formula is C17H19NO3S. The van der Waals surface area contributed by atoms with Crippen molar-refractivity contribution in [2.75, 3.05) is 13.7 Å². The molecule has 1 atom stereocenters. The van der Waals surface area contributed by atoms with E-state index >= 15 is 0 Å². The fourth-order valence-corrected chi connectivity index (χ4v) is 3.04. The zero-order valence-electron chi connectivity index (χ0n) is 12.7. The van der Waals surface area contributed by atoms with Gasteiger partial charge in [-0.15, -0.1) is 11.3 Å². The summed E-state index contributed by atoms with van der Waals surface area (Å²) in [5.41, 5.74) is 1.21. The summed E-state index contributed by atoms with van der Waals surface area (Å²) in [6, 6.07) is 13.4. The van der Waals surface area contributed by atoms with Gasteiger partial charge < -0.3 is 10.1 Å². The predicted octanol–water partition coefficient (Wildman–Crippen LogP) is 3.46. The molecule has 0 spiro atoms. The van der Waals surface area contributed by atoms with Crippen molar-refractivity contribution >= 4 is 23.2 Å². The molecule has 1 aromatic carbocycles. The molecule has 1 N–H and O–H groups in total. The maximum absolute atomic E-state index is 12.2. The Morgan fingerprint density at radius 1 is 1.14 bits per heavy atom. The SMILES string of the molecule is CCC(CNC(=O)c1ccc(C(=O)OC)s1)c1ccccc1. The van der Waals surface area contributed by atoms with E-state index in [-0.39, 0.29) is 11.8 Å². The van der Waals surface area contributed by atoms with Gasteiger partial charge in [-0.1, -0.05) is 37.3 Å². The summed E-state index contributed by atoms with van der Waals surface area (Å²) in [5.74, 6) is -0.292. The Labute approximate surface area is 134 Å². The summed E-state index contributed by atoms with van der Waals surface area (Å²) in [6.07, 6.45) is 0.947. The van der Waals surface area contributed by atoms with Crippen LogP contribution in [0.3, 0.4) is 0 Å². The highest BCUT2D eigenvalue weighted by atomic mass is 32.1. The molecule has 2 rings (SSSR count). The van der Waals surface area contributed by atoms with Crippen LogP contribution in [0.15, 0.2) is 42.5 Å². The molecule has 0 aliphatic heterocycles. The normalized spacial score (nSPS) is 11.7. The number of ether oxygens (including phenoxy) is 1. The number of hydrogen-bond donors (Lipinski definition) is 1. The molecule has 2 aromatic rings. The quantitative estimate of drug-likeness (QED) is 0.830. The first kappa shape index (κ1) is 16.2. The molecule has 0 saturated carbocycles. The summed E-state index contributed by atoms with van der Waals surface area (Å²) in [5, 5.41) is 2.94. The third-order valence-corrected chi connectivity index (χ3v) is 4.55. The molecule has 0 radical (unpaired) electrons. The minimum absolute atomic E-state index is 0.158. The van der Waals surface area contributed by atoms with Crippen LogP contribution in [0.5, 0.6) is 0 Å². The maximum atomic E-state index is 12.2. The number of thiophene rings is 1. The fraction of sp³-hybridized carbons (Fsp3) is 0.294. The molecule has 1 amide bonds. The van der Waals surface area contributed by atoms with Crippen LogP contribution < -0.4 is 5.32 Å². The van der Waals surface area contributed by atoms with Crippen LogP contribution in [0.25, 0.3) is 0 Å². The van der Waals surface area contributed by atoms with E-state index in [0.717, 1.165) is 17.8 Å². The minimum atomic E-state index is -0.417. The molecule has 0 aliphatic rings. The van der Waals surface area contributed by atoms with Gasteiger partial charge in [0, 0.05) is 12.5 Å². The third kappa shape index (κ3) is 3.95. The number of benzene rings is 1. The van der Waals surface area contributed by atoms with Crippen molar-refractivity contribution in [3.63, 3.8) is 0 Å². The molecule has 22 heavy (non-hydrogen) atoms. The van der Waals surface area contributed by atoms with E-state index in [9.17, 15) is 9.59 Å². The molecule has 4 nitrogen and oxygen atoms in total. The van der Waals surface area contributed by atoms with E-state index in [1.807, 2.05) is 18.2 Å². The van der Waals surface area contributed by atoms with Gasteiger partial charge in [0.2, 0.25) is 0 Å². The van der Waals surface area contributed by atoms with Crippen molar-refractivity contribution in [1.82, 2.24) is 5.32 Å². The zero-order valence-corrected chi connectivity index (χ0v) is 13.5. The Balaban J connectivity index is 1.97. The van der Waals surface area contributed by atoms with Crippen molar-refractivity contribution in [3.05, 3.63) is 57.8 Å². The van der Waals surface area contributed by atoms with E-state index < -0.39 is 5.97 Å². The Bertz CT molecular complexity index is 636. The molecule has 0 fully saturated rings. The lowest BCUT2D eigenvalue weighted by Gasteiger charge is -2.15. The second kappa shape index (κ2) is 7.75. The molecule has 1 unspecified atom stereocenters. The van der Waals surface area contributed by atoms with Gasteiger partial charge in [0.15, 0.2) is 0 Å². The molecule has 116 valence electrons. The lowest BCUT2D eigenvalue weighted by molar-refractivity contribution is 0.0606. The van der Waals surface area contributed by atoms with Crippen LogP contribution in [0.4, 0.5) is 0 Å². The molecule has 0 saturated heterocycles. The highest BCUT2D eigenvalue weighted by Crippen LogP contribution is 2.20. The van der Waals surface area contributed by atoms with Gasteiger partial charge in [-0.3, -0.25) is 4.79 Å². The van der Waals surface area contributed by atoms with Crippen LogP contribution in [0, 0.1) is 0 Å². The Kier molecular flexibility index (Phi) is 5.72. The molecule has 0 aliphatic carbocycles. The second-order valence-electron chi connectivity index (χ2n) is 4.88. The second-order valence-corrected chi connectivity index (χ2v) is 5.97. The topological polar surface area (TPSA) is 55.4 Å². The summed E-state index contributed by atoms with van der Waals surface area (Å²) >= 11 is 1.14. The summed E-state index contributed by atoms with van der Waals surface area (Å²) in [4.78, 5) is 24.5. The van der Waals surface area contributed by atoms with Crippen LogP contribution in [-0.2, 0) is 4.74 Å². The largest absolute Gasteiger partial charge is 0.465 e. The Morgan fingerprint density at radius 2 is 1.82 bits per heavy atom. The number of carbonyl (C=O) groups is 2. The highest BCUT2D eigenvalue weighted by Gasteiger charge is 2.15. The predicted molar refractivity (Wildman–Crippen MR) is 87.5 cm³/mol. The first-order chi connectivity index (χ1) is 10.7. The standard InChI is InChI=1S/C17H19NO3S/c1-3-12(13-7-5-4-6-8-13)11-18-16(19)14-9-10-15(22-14)17(20)21-2/h4-10,12H,3,11H2,1-2H3,(H,18,19). The van der Waals surface area contributed by atoms with Crippen LogP contribution >= 0.6 is 11.3 Å². The molecule has 1 aromatic heterocycles. The minimum Gasteiger partial charge on any atom is -0.465 e. The maximum Gasteiger partial charge on any atom is 0.348 e. The summed E-state index contributed by atoms with van der Waals surface area (Å²) in [6.45, 7) is 2.68. The van der Waals surface area contributed by atoms with Crippen molar-refractivity contribution in [2.45, 2.75) is 19.3 Å². The number of carbonyl (C=O) groups excluding carboxylic acids is 2. The van der Waals surface area contributed by atoms with Crippen molar-refractivity contribution in [2.24, 2.45) is 0 Å². The van der Waals surface area contributed by atoms with Gasteiger partial charge in [0.25, 0.3) is 5.91 Å². The van der Waals surface area contributed by atoms with Gasteiger partial charge in [-0.05, 0) is 24.1 Å². The number of methoxy groups -OCH3 is 1. The number of esters is 1. The van der Waals surface area contributed by atoms with Crippen LogP contribution in [0.2, 0.25) is 0 Å². The monoisotopic (exact) mass is 317 g/mol. The molecular weight excluding hydrogens is 298 g/mol. The third-order valence-electron chi connectivity index (χ3n) is 3.49. The number of amides is 1. The van der Waals surface area contributed by atoms with Crippen LogP contribution in [0.1, 0.15) is 44.2 Å². The van der Waals surface area contributed by atoms with Crippen molar-refractivity contribution in [1.29, 1.82) is 0 Å². The summed E-state index contributed by atoms with van der Waals surface area (Å²) < 4.78 is 4.64. The average molecular weight is 317 g/mol. The smallest absolute Gasteiger partial charge is 0.348 e. The van der Waals surface area contributed by atoms with Gasteiger partial charge in [0.05, 0.1) is 12.0 Å². The lowest BCUT2D eigenvalue weighted by atomic mass is 9.96. The number of hydrogen-bond acceptors (Lipinski definition) is 4. The van der Waals surface area contributed by atoms with E-state index in [4.69, 9.17) is 0 Å². The van der Waals surface area contributed by atoms with Gasteiger partial charge in [0.1, 0.15) is 4.88 Å². The van der Waals surface area contributed by atoms with Gasteiger partial charge in [-0.2, -0.15) is 0 Å². The average Bonchev–Trinajstić information content (AvgIpc) is 3.05. The van der Waals surface area contributed by atoms with Gasteiger partial charge >= 0.3 is 5.97 Å². The number of nitrogens with one attached hydrogen (secondary N) is 1. The van der Waals surface area contributed by atoms with Gasteiger partial charge in [-0.25, -0.2) is 4.79 Å². The molecule has 0 bridgehead atoms. The Hall–Kier alpha value is -2.14. The van der Waals surface area contributed by atoms with E-state index in [0.29, 0.717) is 16.3 Å². The fourth-order valence-electron chi connectivity index (χ4n) is 2.20. The zero-order chi connectivity index (χ0) is 15.9. The highest BCUT2D eigenvalue weighted by molar-refractivity contribution is 7.15. The molecule has 5 heteroatoms. The number of rotatable bonds is 6. The van der Waals surface area contributed by atoms with E-state index in [2.05, 4.69) is 29.1 Å². The van der Waals surface area contributed by atoms with Crippen LogP contribution in [-0.4, -0.2) is 25.5 Å². The first-order valence-corrected chi connectivity index (χ1v) is 7.98. The van der Waals surface area contributed by atoms with Crippen molar-refractivity contribution < 1.29 is 14.3 Å². The Morgan fingerprint density at radius 3 is 2.45 bits per heavy atom. The molecule has 1 heterocycles. The van der Waals surface area contributed by atoms with E-state index in [1.54, 1.807) is 12.1 Å².